The van der Waals surface area contributed by atoms with E-state index in [-0.39, 0.29) is 6.79 Å². The van der Waals surface area contributed by atoms with E-state index in [2.05, 4.69) is 15.3 Å². The Morgan fingerprint density at radius 1 is 1.19 bits per heavy atom. The Balaban J connectivity index is 1.90. The first kappa shape index (κ1) is 13.5. The van der Waals surface area contributed by atoms with E-state index >= 15 is 0 Å². The molecule has 0 saturated heterocycles. The third kappa shape index (κ3) is 2.69. The van der Waals surface area contributed by atoms with E-state index in [4.69, 9.17) is 14.2 Å². The van der Waals surface area contributed by atoms with Gasteiger partial charge in [0.1, 0.15) is 17.4 Å². The zero-order chi connectivity index (χ0) is 14.8. The number of benzene rings is 1. The van der Waals surface area contributed by atoms with Crippen molar-refractivity contribution in [2.75, 3.05) is 18.7 Å². The molecule has 1 aromatic heterocycles. The van der Waals surface area contributed by atoms with Crippen LogP contribution in [0.15, 0.2) is 18.2 Å². The summed E-state index contributed by atoms with van der Waals surface area (Å²) in [5, 5.41) is 3.21. The van der Waals surface area contributed by atoms with Crippen molar-refractivity contribution in [2.45, 2.75) is 20.8 Å². The number of ether oxygens (including phenoxy) is 3. The lowest BCUT2D eigenvalue weighted by Crippen LogP contribution is -2.06. The minimum absolute atomic E-state index is 0.245. The van der Waals surface area contributed by atoms with Crippen LogP contribution in [0.1, 0.15) is 18.3 Å². The summed E-state index contributed by atoms with van der Waals surface area (Å²) >= 11 is 0. The monoisotopic (exact) mass is 287 g/mol. The largest absolute Gasteiger partial charge is 0.454 e. The van der Waals surface area contributed by atoms with E-state index in [1.54, 1.807) is 6.07 Å². The van der Waals surface area contributed by atoms with E-state index in [0.717, 1.165) is 23.7 Å². The fraction of sp³-hybridized carbons (Fsp3) is 0.333. The fourth-order valence-electron chi connectivity index (χ4n) is 2.09. The number of rotatable bonds is 4. The number of aryl methyl sites for hydroxylation is 1. The maximum atomic E-state index is 5.88. The van der Waals surface area contributed by atoms with Crippen molar-refractivity contribution in [3.05, 3.63) is 29.6 Å². The lowest BCUT2D eigenvalue weighted by Gasteiger charge is -2.12. The zero-order valence-corrected chi connectivity index (χ0v) is 12.3. The molecular weight excluding hydrogens is 270 g/mol. The normalized spacial score (nSPS) is 12.3. The molecule has 0 atom stereocenters. The van der Waals surface area contributed by atoms with Crippen LogP contribution < -0.4 is 19.5 Å². The highest BCUT2D eigenvalue weighted by Crippen LogP contribution is 2.37. The van der Waals surface area contributed by atoms with Crippen LogP contribution in [0.3, 0.4) is 0 Å². The highest BCUT2D eigenvalue weighted by molar-refractivity contribution is 5.51. The van der Waals surface area contributed by atoms with Crippen molar-refractivity contribution in [1.82, 2.24) is 9.97 Å². The molecule has 0 unspecified atom stereocenters. The maximum absolute atomic E-state index is 5.88. The molecule has 0 radical (unpaired) electrons. The molecule has 6 heteroatoms. The highest BCUT2D eigenvalue weighted by atomic mass is 16.7. The molecular formula is C15H17N3O3. The number of anilines is 1. The van der Waals surface area contributed by atoms with Gasteiger partial charge in [0.15, 0.2) is 11.5 Å². The number of fused-ring (bicyclic) bond motifs is 1. The van der Waals surface area contributed by atoms with Crippen molar-refractivity contribution >= 4 is 5.82 Å². The lowest BCUT2D eigenvalue weighted by molar-refractivity contribution is 0.174. The van der Waals surface area contributed by atoms with Crippen molar-refractivity contribution in [3.63, 3.8) is 0 Å². The first-order chi connectivity index (χ1) is 10.2. The number of aromatic nitrogens is 2. The molecule has 1 aromatic carbocycles. The van der Waals surface area contributed by atoms with Gasteiger partial charge in [-0.25, -0.2) is 4.98 Å². The summed E-state index contributed by atoms with van der Waals surface area (Å²) < 4.78 is 16.5. The lowest BCUT2D eigenvalue weighted by atomic mass is 10.3. The predicted molar refractivity (Wildman–Crippen MR) is 78.3 cm³/mol. The van der Waals surface area contributed by atoms with Crippen molar-refractivity contribution in [3.8, 4) is 23.1 Å². The van der Waals surface area contributed by atoms with Gasteiger partial charge in [0.2, 0.25) is 12.7 Å². The van der Waals surface area contributed by atoms with Gasteiger partial charge in [-0.3, -0.25) is 0 Å². The molecule has 0 fully saturated rings. The van der Waals surface area contributed by atoms with Crippen LogP contribution in [0.4, 0.5) is 5.82 Å². The molecule has 21 heavy (non-hydrogen) atoms. The number of hydrogen-bond acceptors (Lipinski definition) is 6. The standard InChI is InChI=1S/C15H17N3O3/c1-4-16-14-9(2)15(18-10(3)17-14)21-11-5-6-12-13(7-11)20-8-19-12/h5-7H,4,8H2,1-3H3,(H,16,17,18). The predicted octanol–water partition coefficient (Wildman–Crippen LogP) is 3.05. The van der Waals surface area contributed by atoms with Gasteiger partial charge in [0.05, 0.1) is 5.56 Å². The first-order valence-corrected chi connectivity index (χ1v) is 6.84. The summed E-state index contributed by atoms with van der Waals surface area (Å²) in [7, 11) is 0. The average Bonchev–Trinajstić information content (AvgIpc) is 2.91. The Hall–Kier alpha value is -2.50. The Morgan fingerprint density at radius 3 is 2.81 bits per heavy atom. The molecule has 0 saturated carbocycles. The molecule has 6 nitrogen and oxygen atoms in total. The Kier molecular flexibility index (Phi) is 3.51. The van der Waals surface area contributed by atoms with E-state index in [1.807, 2.05) is 32.9 Å². The second-order valence-corrected chi connectivity index (χ2v) is 4.70. The van der Waals surface area contributed by atoms with Gasteiger partial charge in [0, 0.05) is 12.6 Å². The molecule has 110 valence electrons. The Morgan fingerprint density at radius 2 is 2.00 bits per heavy atom. The van der Waals surface area contributed by atoms with Crippen molar-refractivity contribution < 1.29 is 14.2 Å². The van der Waals surface area contributed by atoms with Crippen LogP contribution in [0.25, 0.3) is 0 Å². The molecule has 0 bridgehead atoms. The summed E-state index contributed by atoms with van der Waals surface area (Å²) in [4.78, 5) is 8.73. The second-order valence-electron chi connectivity index (χ2n) is 4.70. The van der Waals surface area contributed by atoms with Crippen LogP contribution in [0, 0.1) is 13.8 Å². The second kappa shape index (κ2) is 5.47. The zero-order valence-electron chi connectivity index (χ0n) is 12.3. The van der Waals surface area contributed by atoms with Gasteiger partial charge in [-0.2, -0.15) is 4.98 Å². The maximum Gasteiger partial charge on any atom is 0.231 e. The molecule has 1 N–H and O–H groups in total. The van der Waals surface area contributed by atoms with Crippen LogP contribution in [0.5, 0.6) is 23.1 Å². The third-order valence-electron chi connectivity index (χ3n) is 3.12. The minimum atomic E-state index is 0.245. The van der Waals surface area contributed by atoms with Gasteiger partial charge in [0.25, 0.3) is 0 Å². The van der Waals surface area contributed by atoms with Crippen molar-refractivity contribution in [1.29, 1.82) is 0 Å². The fourth-order valence-corrected chi connectivity index (χ4v) is 2.09. The van der Waals surface area contributed by atoms with Gasteiger partial charge in [-0.05, 0) is 32.9 Å². The van der Waals surface area contributed by atoms with E-state index in [1.165, 1.54) is 0 Å². The van der Waals surface area contributed by atoms with Gasteiger partial charge < -0.3 is 19.5 Å². The quantitative estimate of drug-likeness (QED) is 0.932. The summed E-state index contributed by atoms with van der Waals surface area (Å²) in [6.07, 6.45) is 0. The molecule has 2 aromatic rings. The smallest absolute Gasteiger partial charge is 0.231 e. The highest BCUT2D eigenvalue weighted by Gasteiger charge is 2.16. The SMILES string of the molecule is CCNc1nc(C)nc(Oc2ccc3c(c2)OCO3)c1C. The molecule has 0 amide bonds. The van der Waals surface area contributed by atoms with E-state index in [0.29, 0.717) is 23.2 Å². The summed E-state index contributed by atoms with van der Waals surface area (Å²) in [5.41, 5.74) is 0.875. The van der Waals surface area contributed by atoms with Gasteiger partial charge in [-0.15, -0.1) is 0 Å². The van der Waals surface area contributed by atoms with Crippen LogP contribution in [0.2, 0.25) is 0 Å². The van der Waals surface area contributed by atoms with Crippen LogP contribution in [-0.2, 0) is 0 Å². The van der Waals surface area contributed by atoms with Crippen LogP contribution in [-0.4, -0.2) is 23.3 Å². The molecule has 2 heterocycles. The van der Waals surface area contributed by atoms with Gasteiger partial charge in [-0.1, -0.05) is 0 Å². The van der Waals surface area contributed by atoms with Crippen LogP contribution >= 0.6 is 0 Å². The molecule has 3 rings (SSSR count). The topological polar surface area (TPSA) is 65.5 Å². The molecule has 0 spiro atoms. The summed E-state index contributed by atoms with van der Waals surface area (Å²) in [5.74, 6) is 4.06. The number of nitrogens with zero attached hydrogens (tertiary/aromatic N) is 2. The minimum Gasteiger partial charge on any atom is -0.454 e. The molecule has 0 aliphatic carbocycles. The average molecular weight is 287 g/mol. The Labute approximate surface area is 123 Å². The molecule has 1 aliphatic rings. The summed E-state index contributed by atoms with van der Waals surface area (Å²) in [6, 6.07) is 5.45. The first-order valence-electron chi connectivity index (χ1n) is 6.84. The van der Waals surface area contributed by atoms with E-state index < -0.39 is 0 Å². The number of hydrogen-bond donors (Lipinski definition) is 1. The van der Waals surface area contributed by atoms with Gasteiger partial charge >= 0.3 is 0 Å². The summed E-state index contributed by atoms with van der Waals surface area (Å²) in [6.45, 7) is 6.83. The third-order valence-corrected chi connectivity index (χ3v) is 3.12. The Bertz CT molecular complexity index is 673. The molecule has 1 aliphatic heterocycles. The van der Waals surface area contributed by atoms with E-state index in [9.17, 15) is 0 Å². The number of nitrogens with one attached hydrogen (secondary N) is 1. The van der Waals surface area contributed by atoms with Crippen molar-refractivity contribution in [2.24, 2.45) is 0 Å².